The summed E-state index contributed by atoms with van der Waals surface area (Å²) in [6, 6.07) is 8.61. The van der Waals surface area contributed by atoms with Gasteiger partial charge < -0.3 is 9.72 Å². The molecule has 0 atom stereocenters. The standard InChI is InChI=1S/C24H18FN7O/c1-32-12-14(8-28-32)20-7-18-23(11-27-20)30-31-24(18)21-6-17-19(9-26-10-22(17)29-21)13-3-15(25)5-16(4-13)33-2/h3-12,29H,1-2H3,(H,30,31). The highest BCUT2D eigenvalue weighted by Gasteiger charge is 2.16. The number of benzene rings is 1. The van der Waals surface area contributed by atoms with Gasteiger partial charge in [-0.1, -0.05) is 0 Å². The van der Waals surface area contributed by atoms with E-state index >= 15 is 0 Å². The fourth-order valence-corrected chi connectivity index (χ4v) is 4.08. The van der Waals surface area contributed by atoms with Gasteiger partial charge in [-0.25, -0.2) is 4.39 Å². The Morgan fingerprint density at radius 3 is 2.67 bits per heavy atom. The first-order chi connectivity index (χ1) is 16.1. The Bertz CT molecular complexity index is 1650. The monoisotopic (exact) mass is 439 g/mol. The van der Waals surface area contributed by atoms with Crippen molar-refractivity contribution >= 4 is 21.8 Å². The lowest BCUT2D eigenvalue weighted by Gasteiger charge is -2.06. The first-order valence-electron chi connectivity index (χ1n) is 10.2. The second kappa shape index (κ2) is 7.27. The van der Waals surface area contributed by atoms with Crippen molar-refractivity contribution in [1.82, 2.24) is 34.9 Å². The zero-order valence-corrected chi connectivity index (χ0v) is 17.8. The van der Waals surface area contributed by atoms with E-state index in [1.807, 2.05) is 25.4 Å². The van der Waals surface area contributed by atoms with Crippen molar-refractivity contribution in [2.45, 2.75) is 0 Å². The molecule has 5 aromatic heterocycles. The molecule has 0 aliphatic heterocycles. The minimum Gasteiger partial charge on any atom is -0.497 e. The van der Waals surface area contributed by atoms with Crippen LogP contribution in [0.15, 0.2) is 61.3 Å². The normalized spacial score (nSPS) is 11.5. The Balaban J connectivity index is 1.50. The second-order valence-corrected chi connectivity index (χ2v) is 7.80. The molecule has 0 saturated heterocycles. The van der Waals surface area contributed by atoms with Crippen LogP contribution in [0, 0.1) is 5.82 Å². The van der Waals surface area contributed by atoms with Gasteiger partial charge in [-0.3, -0.25) is 19.7 Å². The Hall–Kier alpha value is -4.53. The maximum Gasteiger partial charge on any atom is 0.127 e. The van der Waals surface area contributed by atoms with E-state index in [0.717, 1.165) is 50.0 Å². The van der Waals surface area contributed by atoms with E-state index < -0.39 is 0 Å². The van der Waals surface area contributed by atoms with Gasteiger partial charge in [0, 0.05) is 47.4 Å². The number of hydrogen-bond donors (Lipinski definition) is 2. The number of nitrogens with one attached hydrogen (secondary N) is 2. The number of nitrogens with zero attached hydrogens (tertiary/aromatic N) is 5. The molecule has 33 heavy (non-hydrogen) atoms. The summed E-state index contributed by atoms with van der Waals surface area (Å²) >= 11 is 0. The molecule has 0 bridgehead atoms. The molecule has 0 aliphatic rings. The summed E-state index contributed by atoms with van der Waals surface area (Å²) in [4.78, 5) is 12.3. The summed E-state index contributed by atoms with van der Waals surface area (Å²) in [5.41, 5.74) is 6.44. The zero-order valence-electron chi connectivity index (χ0n) is 17.8. The Labute approximate surface area is 187 Å². The van der Waals surface area contributed by atoms with E-state index in [4.69, 9.17) is 4.74 Å². The smallest absolute Gasteiger partial charge is 0.127 e. The molecule has 0 amide bonds. The van der Waals surface area contributed by atoms with E-state index in [9.17, 15) is 4.39 Å². The number of rotatable bonds is 4. The minimum atomic E-state index is -0.370. The molecule has 0 radical (unpaired) electrons. The van der Waals surface area contributed by atoms with Gasteiger partial charge in [0.05, 0.1) is 48.1 Å². The molecule has 5 heterocycles. The average Bonchev–Trinajstić information content (AvgIpc) is 3.55. The van der Waals surface area contributed by atoms with Crippen LogP contribution in [-0.4, -0.2) is 42.0 Å². The van der Waals surface area contributed by atoms with Crippen molar-refractivity contribution in [3.63, 3.8) is 0 Å². The number of ether oxygens (including phenoxy) is 1. The number of H-pyrrole nitrogens is 2. The Morgan fingerprint density at radius 2 is 1.85 bits per heavy atom. The van der Waals surface area contributed by atoms with Gasteiger partial charge >= 0.3 is 0 Å². The summed E-state index contributed by atoms with van der Waals surface area (Å²) in [5, 5.41) is 13.6. The molecule has 2 N–H and O–H groups in total. The highest BCUT2D eigenvalue weighted by atomic mass is 19.1. The van der Waals surface area contributed by atoms with Crippen LogP contribution in [0.2, 0.25) is 0 Å². The van der Waals surface area contributed by atoms with Gasteiger partial charge in [0.25, 0.3) is 0 Å². The topological polar surface area (TPSA) is 97.3 Å². The van der Waals surface area contributed by atoms with Crippen molar-refractivity contribution < 1.29 is 9.13 Å². The summed E-state index contributed by atoms with van der Waals surface area (Å²) in [5.74, 6) is 0.0809. The van der Waals surface area contributed by atoms with E-state index in [1.165, 1.54) is 19.2 Å². The van der Waals surface area contributed by atoms with Crippen LogP contribution < -0.4 is 4.74 Å². The molecule has 8 nitrogen and oxygen atoms in total. The number of pyridine rings is 2. The molecule has 0 spiro atoms. The first-order valence-corrected chi connectivity index (χ1v) is 10.2. The highest BCUT2D eigenvalue weighted by molar-refractivity contribution is 6.01. The number of halogens is 1. The van der Waals surface area contributed by atoms with E-state index in [0.29, 0.717) is 11.3 Å². The number of methoxy groups -OCH3 is 1. The molecule has 9 heteroatoms. The van der Waals surface area contributed by atoms with Gasteiger partial charge in [-0.05, 0) is 29.8 Å². The van der Waals surface area contributed by atoms with Crippen molar-refractivity contribution in [2.75, 3.05) is 7.11 Å². The van der Waals surface area contributed by atoms with Crippen molar-refractivity contribution in [2.24, 2.45) is 7.05 Å². The lowest BCUT2D eigenvalue weighted by Crippen LogP contribution is -1.88. The predicted octanol–water partition coefficient (Wildman–Crippen LogP) is 4.72. The number of aromatic amines is 2. The third-order valence-electron chi connectivity index (χ3n) is 5.67. The SMILES string of the molecule is COc1cc(F)cc(-c2cncc3[nH]c(-c4n[nH]c5cnc(-c6cnn(C)c6)cc45)cc23)c1. The number of aromatic nitrogens is 7. The van der Waals surface area contributed by atoms with Crippen LogP contribution in [0.4, 0.5) is 4.39 Å². The third kappa shape index (κ3) is 3.21. The summed E-state index contributed by atoms with van der Waals surface area (Å²) < 4.78 is 21.1. The van der Waals surface area contributed by atoms with Crippen molar-refractivity contribution in [3.8, 4) is 39.5 Å². The lowest BCUT2D eigenvalue weighted by atomic mass is 10.0. The number of hydrogen-bond acceptors (Lipinski definition) is 5. The van der Waals surface area contributed by atoms with Crippen LogP contribution in [0.3, 0.4) is 0 Å². The molecule has 0 unspecified atom stereocenters. The molecular formula is C24H18FN7O. The van der Waals surface area contributed by atoms with Crippen LogP contribution in [0.25, 0.3) is 55.6 Å². The quantitative estimate of drug-likeness (QED) is 0.414. The molecular weight excluding hydrogens is 421 g/mol. The van der Waals surface area contributed by atoms with E-state index in [1.54, 1.807) is 35.5 Å². The largest absolute Gasteiger partial charge is 0.497 e. The van der Waals surface area contributed by atoms with Crippen molar-refractivity contribution in [3.05, 3.63) is 67.1 Å². The van der Waals surface area contributed by atoms with E-state index in [2.05, 4.69) is 30.2 Å². The van der Waals surface area contributed by atoms with Gasteiger partial charge in [-0.15, -0.1) is 0 Å². The van der Waals surface area contributed by atoms with Gasteiger partial charge in [0.2, 0.25) is 0 Å². The Morgan fingerprint density at radius 1 is 0.939 bits per heavy atom. The van der Waals surface area contributed by atoms with Crippen LogP contribution >= 0.6 is 0 Å². The van der Waals surface area contributed by atoms with Crippen LogP contribution in [-0.2, 0) is 7.05 Å². The molecule has 6 aromatic rings. The number of aryl methyl sites for hydroxylation is 1. The summed E-state index contributed by atoms with van der Waals surface area (Å²) in [7, 11) is 3.39. The van der Waals surface area contributed by atoms with Crippen LogP contribution in [0.5, 0.6) is 5.75 Å². The molecule has 162 valence electrons. The van der Waals surface area contributed by atoms with Gasteiger partial charge in [-0.2, -0.15) is 10.2 Å². The second-order valence-electron chi connectivity index (χ2n) is 7.80. The van der Waals surface area contributed by atoms with Crippen molar-refractivity contribution in [1.29, 1.82) is 0 Å². The molecule has 6 rings (SSSR count). The maximum atomic E-state index is 14.1. The van der Waals surface area contributed by atoms with Gasteiger partial charge in [0.15, 0.2) is 0 Å². The first kappa shape index (κ1) is 19.2. The summed E-state index contributed by atoms with van der Waals surface area (Å²) in [6.07, 6.45) is 8.94. The molecule has 0 fully saturated rings. The fraction of sp³-hybridized carbons (Fsp3) is 0.0833. The molecule has 0 aliphatic carbocycles. The van der Waals surface area contributed by atoms with E-state index in [-0.39, 0.29) is 5.82 Å². The lowest BCUT2D eigenvalue weighted by molar-refractivity contribution is 0.411. The number of fused-ring (bicyclic) bond motifs is 2. The fourth-order valence-electron chi connectivity index (χ4n) is 4.08. The van der Waals surface area contributed by atoms with Gasteiger partial charge in [0.1, 0.15) is 17.3 Å². The molecule has 0 saturated carbocycles. The molecule has 1 aromatic carbocycles. The Kier molecular flexibility index (Phi) is 4.22. The minimum absolute atomic E-state index is 0.370. The highest BCUT2D eigenvalue weighted by Crippen LogP contribution is 2.35. The predicted molar refractivity (Wildman–Crippen MR) is 123 cm³/mol. The summed E-state index contributed by atoms with van der Waals surface area (Å²) in [6.45, 7) is 0. The zero-order chi connectivity index (χ0) is 22.5. The maximum absolute atomic E-state index is 14.1. The average molecular weight is 439 g/mol. The van der Waals surface area contributed by atoms with Crippen LogP contribution in [0.1, 0.15) is 0 Å². The third-order valence-corrected chi connectivity index (χ3v) is 5.67.